The van der Waals surface area contributed by atoms with Crippen LogP contribution in [0.25, 0.3) is 0 Å². The summed E-state index contributed by atoms with van der Waals surface area (Å²) in [5.41, 5.74) is 2.35. The second-order valence-electron chi connectivity index (χ2n) is 5.84. The average molecular weight is 365 g/mol. The van der Waals surface area contributed by atoms with Gasteiger partial charge in [-0.05, 0) is 48.9 Å². The van der Waals surface area contributed by atoms with Gasteiger partial charge in [0.2, 0.25) is 5.91 Å². The molecular weight excluding hydrogens is 345 g/mol. The van der Waals surface area contributed by atoms with Gasteiger partial charge < -0.3 is 15.4 Å². The third-order valence-corrected chi connectivity index (χ3v) is 3.77. The van der Waals surface area contributed by atoms with E-state index in [1.54, 1.807) is 24.4 Å². The number of benzene rings is 2. The molecule has 2 N–H and O–H groups in total. The average Bonchev–Trinajstić information content (AvgIpc) is 2.67. The number of halogens is 1. The van der Waals surface area contributed by atoms with E-state index in [1.165, 1.54) is 12.1 Å². The molecule has 3 aromatic rings. The van der Waals surface area contributed by atoms with Crippen LogP contribution in [0.2, 0.25) is 0 Å². The van der Waals surface area contributed by atoms with Crippen LogP contribution in [-0.2, 0) is 11.2 Å². The summed E-state index contributed by atoms with van der Waals surface area (Å²) in [6, 6.07) is 17.0. The zero-order valence-electron chi connectivity index (χ0n) is 14.9. The van der Waals surface area contributed by atoms with Crippen molar-refractivity contribution in [3.63, 3.8) is 0 Å². The Morgan fingerprint density at radius 3 is 2.56 bits per heavy atom. The van der Waals surface area contributed by atoms with Crippen LogP contribution in [0.1, 0.15) is 12.5 Å². The standard InChI is InChI=1S/C21H20FN3O2/c1-2-27-19-6-4-3-5-18(19)24-17-11-12-20(23-14-17)25-21(26)13-15-7-9-16(22)10-8-15/h3-12,14,24H,2,13H2,1H3,(H,23,25,26). The van der Waals surface area contributed by atoms with Crippen LogP contribution in [0.5, 0.6) is 5.75 Å². The number of nitrogens with zero attached hydrogens (tertiary/aromatic N) is 1. The molecule has 0 bridgehead atoms. The van der Waals surface area contributed by atoms with Gasteiger partial charge >= 0.3 is 0 Å². The summed E-state index contributed by atoms with van der Waals surface area (Å²) in [7, 11) is 0. The van der Waals surface area contributed by atoms with Gasteiger partial charge in [-0.15, -0.1) is 0 Å². The molecule has 27 heavy (non-hydrogen) atoms. The highest BCUT2D eigenvalue weighted by Crippen LogP contribution is 2.27. The van der Waals surface area contributed by atoms with E-state index in [0.717, 1.165) is 22.7 Å². The molecule has 0 aliphatic heterocycles. The van der Waals surface area contributed by atoms with Crippen molar-refractivity contribution in [3.05, 3.63) is 78.2 Å². The lowest BCUT2D eigenvalue weighted by Gasteiger charge is -2.12. The minimum atomic E-state index is -0.324. The summed E-state index contributed by atoms with van der Waals surface area (Å²) in [5.74, 6) is 0.675. The lowest BCUT2D eigenvalue weighted by molar-refractivity contribution is -0.115. The molecule has 0 fully saturated rings. The number of nitrogens with one attached hydrogen (secondary N) is 2. The normalized spacial score (nSPS) is 10.3. The molecule has 0 unspecified atom stereocenters. The summed E-state index contributed by atoms with van der Waals surface area (Å²) in [4.78, 5) is 16.3. The molecule has 138 valence electrons. The number of aromatic nitrogens is 1. The second-order valence-corrected chi connectivity index (χ2v) is 5.84. The quantitative estimate of drug-likeness (QED) is 0.645. The number of carbonyl (C=O) groups excluding carboxylic acids is 1. The molecule has 1 heterocycles. The Labute approximate surface area is 157 Å². The molecular formula is C21H20FN3O2. The van der Waals surface area contributed by atoms with Crippen LogP contribution < -0.4 is 15.4 Å². The van der Waals surface area contributed by atoms with Gasteiger partial charge in [0.05, 0.1) is 30.6 Å². The van der Waals surface area contributed by atoms with E-state index in [4.69, 9.17) is 4.74 Å². The highest BCUT2D eigenvalue weighted by molar-refractivity contribution is 5.91. The number of para-hydroxylation sites is 2. The first kappa shape index (κ1) is 18.4. The first-order valence-electron chi connectivity index (χ1n) is 8.63. The summed E-state index contributed by atoms with van der Waals surface area (Å²) in [6.45, 7) is 2.51. The molecule has 0 aliphatic carbocycles. The van der Waals surface area contributed by atoms with Gasteiger partial charge in [-0.1, -0.05) is 24.3 Å². The number of hydrogen-bond donors (Lipinski definition) is 2. The number of pyridine rings is 1. The molecule has 5 nitrogen and oxygen atoms in total. The fraction of sp³-hybridized carbons (Fsp3) is 0.143. The SMILES string of the molecule is CCOc1ccccc1Nc1ccc(NC(=O)Cc2ccc(F)cc2)nc1. The van der Waals surface area contributed by atoms with Gasteiger partial charge in [-0.3, -0.25) is 4.79 Å². The predicted molar refractivity (Wildman–Crippen MR) is 104 cm³/mol. The van der Waals surface area contributed by atoms with Gasteiger partial charge in [0.15, 0.2) is 0 Å². The molecule has 0 radical (unpaired) electrons. The van der Waals surface area contributed by atoms with Crippen molar-refractivity contribution in [2.45, 2.75) is 13.3 Å². The molecule has 2 aromatic carbocycles. The first-order chi connectivity index (χ1) is 13.1. The van der Waals surface area contributed by atoms with Gasteiger partial charge in [0.25, 0.3) is 0 Å². The van der Waals surface area contributed by atoms with Crippen molar-refractivity contribution in [3.8, 4) is 5.75 Å². The van der Waals surface area contributed by atoms with E-state index >= 15 is 0 Å². The first-order valence-corrected chi connectivity index (χ1v) is 8.63. The largest absolute Gasteiger partial charge is 0.492 e. The molecule has 0 aliphatic rings. The van der Waals surface area contributed by atoms with Crippen LogP contribution in [0, 0.1) is 5.82 Å². The van der Waals surface area contributed by atoms with Crippen LogP contribution in [0.4, 0.5) is 21.6 Å². The predicted octanol–water partition coefficient (Wildman–Crippen LogP) is 4.54. The molecule has 6 heteroatoms. The molecule has 0 spiro atoms. The van der Waals surface area contributed by atoms with Gasteiger partial charge in [0, 0.05) is 0 Å². The molecule has 0 saturated heterocycles. The van der Waals surface area contributed by atoms with E-state index < -0.39 is 0 Å². The van der Waals surface area contributed by atoms with Crippen molar-refractivity contribution in [1.82, 2.24) is 4.98 Å². The molecule has 0 saturated carbocycles. The van der Waals surface area contributed by atoms with Crippen molar-refractivity contribution < 1.29 is 13.9 Å². The van der Waals surface area contributed by atoms with Crippen LogP contribution in [0.3, 0.4) is 0 Å². The van der Waals surface area contributed by atoms with Crippen molar-refractivity contribution in [2.24, 2.45) is 0 Å². The van der Waals surface area contributed by atoms with E-state index in [2.05, 4.69) is 15.6 Å². The lowest BCUT2D eigenvalue weighted by atomic mass is 10.1. The summed E-state index contributed by atoms with van der Waals surface area (Å²) >= 11 is 0. The molecule has 3 rings (SSSR count). The summed E-state index contributed by atoms with van der Waals surface area (Å²) in [6.07, 6.45) is 1.79. The van der Waals surface area contributed by atoms with E-state index in [9.17, 15) is 9.18 Å². The highest BCUT2D eigenvalue weighted by Gasteiger charge is 2.07. The van der Waals surface area contributed by atoms with Gasteiger partial charge in [0.1, 0.15) is 17.4 Å². The van der Waals surface area contributed by atoms with Crippen molar-refractivity contribution in [2.75, 3.05) is 17.2 Å². The smallest absolute Gasteiger partial charge is 0.229 e. The van der Waals surface area contributed by atoms with Crippen LogP contribution >= 0.6 is 0 Å². The zero-order chi connectivity index (χ0) is 19.1. The Morgan fingerprint density at radius 1 is 1.07 bits per heavy atom. The maximum absolute atomic E-state index is 12.9. The van der Waals surface area contributed by atoms with Gasteiger partial charge in [-0.2, -0.15) is 0 Å². The fourth-order valence-corrected chi connectivity index (χ4v) is 2.52. The Bertz CT molecular complexity index is 896. The highest BCUT2D eigenvalue weighted by atomic mass is 19.1. The third kappa shape index (κ3) is 5.28. The number of anilines is 3. The number of amides is 1. The summed E-state index contributed by atoms with van der Waals surface area (Å²) in [5, 5.41) is 5.98. The second kappa shape index (κ2) is 8.80. The number of carbonyl (C=O) groups is 1. The topological polar surface area (TPSA) is 63.2 Å². The minimum absolute atomic E-state index is 0.156. The Morgan fingerprint density at radius 2 is 1.85 bits per heavy atom. The number of rotatable bonds is 7. The summed E-state index contributed by atoms with van der Waals surface area (Å²) < 4.78 is 18.5. The molecule has 1 amide bonds. The fourth-order valence-electron chi connectivity index (χ4n) is 2.52. The van der Waals surface area contributed by atoms with Crippen LogP contribution in [-0.4, -0.2) is 17.5 Å². The maximum Gasteiger partial charge on any atom is 0.229 e. The third-order valence-electron chi connectivity index (χ3n) is 3.77. The number of ether oxygens (including phenoxy) is 1. The van der Waals surface area contributed by atoms with Gasteiger partial charge in [-0.25, -0.2) is 9.37 Å². The van der Waals surface area contributed by atoms with Crippen LogP contribution in [0.15, 0.2) is 66.9 Å². The Hall–Kier alpha value is -3.41. The van der Waals surface area contributed by atoms with Crippen molar-refractivity contribution >= 4 is 23.1 Å². The maximum atomic E-state index is 12.9. The van der Waals surface area contributed by atoms with E-state index in [0.29, 0.717) is 12.4 Å². The lowest BCUT2D eigenvalue weighted by Crippen LogP contribution is -2.15. The van der Waals surface area contributed by atoms with Crippen molar-refractivity contribution in [1.29, 1.82) is 0 Å². The van der Waals surface area contributed by atoms with E-state index in [1.807, 2.05) is 37.3 Å². The monoisotopic (exact) mass is 365 g/mol. The Kier molecular flexibility index (Phi) is 5.99. The molecule has 0 atom stereocenters. The Balaban J connectivity index is 1.60. The minimum Gasteiger partial charge on any atom is -0.492 e. The van der Waals surface area contributed by atoms with E-state index in [-0.39, 0.29) is 18.1 Å². The zero-order valence-corrected chi connectivity index (χ0v) is 14.9. The molecule has 1 aromatic heterocycles. The number of hydrogen-bond acceptors (Lipinski definition) is 4.